The predicted octanol–water partition coefficient (Wildman–Crippen LogP) is 4.44. The Bertz CT molecular complexity index is 972. The third-order valence-electron chi connectivity index (χ3n) is 6.46. The summed E-state index contributed by atoms with van der Waals surface area (Å²) in [6.45, 7) is 2.72. The molecule has 2 aliphatic rings. The molecule has 3 atom stereocenters. The molecule has 1 aliphatic heterocycles. The third kappa shape index (κ3) is 5.04. The highest BCUT2D eigenvalue weighted by Gasteiger charge is 2.42. The minimum absolute atomic E-state index is 0.0187. The van der Waals surface area contributed by atoms with Crippen LogP contribution in [0.15, 0.2) is 59.5 Å². The normalized spacial score (nSPS) is 24.7. The van der Waals surface area contributed by atoms with E-state index < -0.39 is 0 Å². The highest BCUT2D eigenvalue weighted by molar-refractivity contribution is 8.04. The monoisotopic (exact) mass is 434 g/mol. The van der Waals surface area contributed by atoms with Gasteiger partial charge in [-0.15, -0.1) is 11.8 Å². The molecule has 1 N–H and O–H groups in total. The standard InChI is InChI=1S/C26H30N2O2S/c1-18-8-6-7-11-20(18)17-24-26(30)28(2)22-16-21(12-13-23(22)31-24)25(29)27-15-14-19-9-4-3-5-10-19/h3-11,17,21-23H,12-16H2,1-2H3,(H,27,29)/b24-17-. The molecule has 1 saturated heterocycles. The molecule has 0 bridgehead atoms. The third-order valence-corrected chi connectivity index (χ3v) is 7.86. The van der Waals surface area contributed by atoms with Gasteiger partial charge in [0, 0.05) is 30.8 Å². The molecule has 2 aromatic carbocycles. The summed E-state index contributed by atoms with van der Waals surface area (Å²) >= 11 is 1.70. The first-order valence-corrected chi connectivity index (χ1v) is 11.9. The van der Waals surface area contributed by atoms with Crippen LogP contribution in [0.3, 0.4) is 0 Å². The Morgan fingerprint density at radius 1 is 1.13 bits per heavy atom. The van der Waals surface area contributed by atoms with Crippen LogP contribution < -0.4 is 5.32 Å². The molecule has 2 aromatic rings. The van der Waals surface area contributed by atoms with E-state index in [1.165, 1.54) is 11.1 Å². The second kappa shape index (κ2) is 9.73. The minimum Gasteiger partial charge on any atom is -0.356 e. The summed E-state index contributed by atoms with van der Waals surface area (Å²) in [5.41, 5.74) is 3.49. The molecule has 31 heavy (non-hydrogen) atoms. The molecule has 3 unspecified atom stereocenters. The number of aryl methyl sites for hydroxylation is 1. The van der Waals surface area contributed by atoms with Crippen LogP contribution in [0.2, 0.25) is 0 Å². The number of nitrogens with one attached hydrogen (secondary N) is 1. The first kappa shape index (κ1) is 21.7. The van der Waals surface area contributed by atoms with Crippen LogP contribution in [0.5, 0.6) is 0 Å². The number of hydrogen-bond donors (Lipinski definition) is 1. The van der Waals surface area contributed by atoms with Crippen LogP contribution >= 0.6 is 11.8 Å². The van der Waals surface area contributed by atoms with Crippen LogP contribution in [0.1, 0.15) is 36.0 Å². The fraction of sp³-hybridized carbons (Fsp3) is 0.385. The molecule has 0 radical (unpaired) electrons. The van der Waals surface area contributed by atoms with E-state index in [9.17, 15) is 9.59 Å². The van der Waals surface area contributed by atoms with E-state index in [4.69, 9.17) is 0 Å². The fourth-order valence-electron chi connectivity index (χ4n) is 4.54. The van der Waals surface area contributed by atoms with Crippen molar-refractivity contribution in [3.8, 4) is 0 Å². The van der Waals surface area contributed by atoms with Crippen molar-refractivity contribution in [1.82, 2.24) is 10.2 Å². The van der Waals surface area contributed by atoms with Gasteiger partial charge >= 0.3 is 0 Å². The van der Waals surface area contributed by atoms with Gasteiger partial charge in [-0.05, 0) is 55.4 Å². The largest absolute Gasteiger partial charge is 0.356 e. The molecule has 0 spiro atoms. The van der Waals surface area contributed by atoms with Crippen molar-refractivity contribution in [3.05, 3.63) is 76.2 Å². The summed E-state index contributed by atoms with van der Waals surface area (Å²) in [4.78, 5) is 28.5. The van der Waals surface area contributed by atoms with Crippen molar-refractivity contribution < 1.29 is 9.59 Å². The zero-order chi connectivity index (χ0) is 21.8. The summed E-state index contributed by atoms with van der Waals surface area (Å²) in [5.74, 6) is 0.177. The second-order valence-corrected chi connectivity index (χ2v) is 9.82. The SMILES string of the molecule is Cc1ccccc1/C=C1\SC2CCC(C(=O)NCCc3ccccc3)CC2N(C)C1=O. The Hall–Kier alpha value is -2.53. The average molecular weight is 435 g/mol. The molecule has 1 aliphatic carbocycles. The van der Waals surface area contributed by atoms with Crippen molar-refractivity contribution in [1.29, 1.82) is 0 Å². The lowest BCUT2D eigenvalue weighted by atomic mass is 9.83. The predicted molar refractivity (Wildman–Crippen MR) is 128 cm³/mol. The Balaban J connectivity index is 1.36. The maximum atomic E-state index is 13.0. The van der Waals surface area contributed by atoms with Gasteiger partial charge in [0.1, 0.15) is 0 Å². The second-order valence-electron chi connectivity index (χ2n) is 8.54. The number of amides is 2. The molecule has 2 fully saturated rings. The zero-order valence-electron chi connectivity index (χ0n) is 18.2. The van der Waals surface area contributed by atoms with E-state index in [0.29, 0.717) is 11.8 Å². The van der Waals surface area contributed by atoms with Crippen molar-refractivity contribution in [3.63, 3.8) is 0 Å². The number of benzene rings is 2. The van der Waals surface area contributed by atoms with Crippen LogP contribution in [0, 0.1) is 12.8 Å². The van der Waals surface area contributed by atoms with Crippen LogP contribution in [-0.2, 0) is 16.0 Å². The van der Waals surface area contributed by atoms with Gasteiger partial charge in [0.2, 0.25) is 5.91 Å². The lowest BCUT2D eigenvalue weighted by Crippen LogP contribution is -2.52. The highest BCUT2D eigenvalue weighted by Crippen LogP contribution is 2.43. The minimum atomic E-state index is -0.0187. The first-order valence-electron chi connectivity index (χ1n) is 11.1. The van der Waals surface area contributed by atoms with E-state index in [2.05, 4.69) is 36.5 Å². The van der Waals surface area contributed by atoms with Crippen molar-refractivity contribution in [2.24, 2.45) is 5.92 Å². The molecule has 2 amide bonds. The van der Waals surface area contributed by atoms with Crippen molar-refractivity contribution >= 4 is 29.7 Å². The van der Waals surface area contributed by atoms with Crippen LogP contribution in [0.25, 0.3) is 6.08 Å². The van der Waals surface area contributed by atoms with Gasteiger partial charge in [-0.1, -0.05) is 54.6 Å². The van der Waals surface area contributed by atoms with Crippen molar-refractivity contribution in [2.45, 2.75) is 43.9 Å². The Kier molecular flexibility index (Phi) is 6.81. The van der Waals surface area contributed by atoms with E-state index in [1.54, 1.807) is 11.8 Å². The lowest BCUT2D eigenvalue weighted by Gasteiger charge is -2.44. The number of hydrogen-bond acceptors (Lipinski definition) is 3. The van der Waals surface area contributed by atoms with Gasteiger partial charge in [-0.25, -0.2) is 0 Å². The topological polar surface area (TPSA) is 49.4 Å². The van der Waals surface area contributed by atoms with Gasteiger partial charge in [0.25, 0.3) is 5.91 Å². The molecule has 0 aromatic heterocycles. The van der Waals surface area contributed by atoms with E-state index in [-0.39, 0.29) is 23.8 Å². The number of nitrogens with zero attached hydrogens (tertiary/aromatic N) is 1. The number of fused-ring (bicyclic) bond motifs is 1. The molecular formula is C26H30N2O2S. The van der Waals surface area contributed by atoms with Gasteiger partial charge in [-0.2, -0.15) is 0 Å². The molecule has 162 valence electrons. The maximum Gasteiger partial charge on any atom is 0.260 e. The Labute approximate surface area is 189 Å². The van der Waals surface area contributed by atoms with Gasteiger partial charge in [0.05, 0.1) is 4.91 Å². The summed E-state index contributed by atoms with van der Waals surface area (Å²) in [5, 5.41) is 3.46. The number of likely N-dealkylation sites (N-methyl/N-ethyl adjacent to an activating group) is 1. The number of rotatable bonds is 5. The number of carbonyl (C=O) groups excluding carboxylic acids is 2. The van der Waals surface area contributed by atoms with Gasteiger partial charge in [-0.3, -0.25) is 9.59 Å². The molecule has 4 rings (SSSR count). The summed E-state index contributed by atoms with van der Waals surface area (Å²) < 4.78 is 0. The first-order chi connectivity index (χ1) is 15.0. The summed E-state index contributed by atoms with van der Waals surface area (Å²) in [6, 6.07) is 18.5. The molecule has 1 saturated carbocycles. The zero-order valence-corrected chi connectivity index (χ0v) is 19.0. The van der Waals surface area contributed by atoms with Gasteiger partial charge in [0.15, 0.2) is 0 Å². The molecule has 1 heterocycles. The molecule has 5 heteroatoms. The fourth-order valence-corrected chi connectivity index (χ4v) is 6.02. The van der Waals surface area contributed by atoms with Crippen LogP contribution in [-0.4, -0.2) is 41.6 Å². The molecule has 4 nitrogen and oxygen atoms in total. The quantitative estimate of drug-likeness (QED) is 0.708. The summed E-state index contributed by atoms with van der Waals surface area (Å²) in [7, 11) is 1.89. The number of carbonyl (C=O) groups is 2. The average Bonchev–Trinajstić information content (AvgIpc) is 2.79. The van der Waals surface area contributed by atoms with Gasteiger partial charge < -0.3 is 10.2 Å². The van der Waals surface area contributed by atoms with E-state index >= 15 is 0 Å². The number of thioether (sulfide) groups is 1. The maximum absolute atomic E-state index is 13.0. The lowest BCUT2D eigenvalue weighted by molar-refractivity contribution is -0.131. The van der Waals surface area contributed by atoms with E-state index in [0.717, 1.165) is 36.2 Å². The van der Waals surface area contributed by atoms with Crippen molar-refractivity contribution in [2.75, 3.05) is 13.6 Å². The smallest absolute Gasteiger partial charge is 0.260 e. The van der Waals surface area contributed by atoms with E-state index in [1.807, 2.05) is 48.4 Å². The van der Waals surface area contributed by atoms with Crippen LogP contribution in [0.4, 0.5) is 0 Å². The molecular weight excluding hydrogens is 404 g/mol. The highest BCUT2D eigenvalue weighted by atomic mass is 32.2. The Morgan fingerprint density at radius 2 is 1.87 bits per heavy atom. The Morgan fingerprint density at radius 3 is 2.65 bits per heavy atom. The summed E-state index contributed by atoms with van der Waals surface area (Å²) in [6.07, 6.45) is 5.44.